The van der Waals surface area contributed by atoms with Gasteiger partial charge in [0.25, 0.3) is 11.5 Å². The molecule has 0 radical (unpaired) electrons. The van der Waals surface area contributed by atoms with E-state index < -0.39 is 5.91 Å². The molecule has 3 N–H and O–H groups in total. The molecule has 0 unspecified atom stereocenters. The molecule has 0 aliphatic carbocycles. The van der Waals surface area contributed by atoms with Gasteiger partial charge >= 0.3 is 0 Å². The Morgan fingerprint density at radius 1 is 1.26 bits per heavy atom. The smallest absolute Gasteiger partial charge is 0.270 e. The van der Waals surface area contributed by atoms with Crippen molar-refractivity contribution in [3.63, 3.8) is 0 Å². The molecule has 164 valence electrons. The first-order valence-electron chi connectivity index (χ1n) is 9.74. The zero-order valence-corrected chi connectivity index (χ0v) is 18.8. The normalized spacial score (nSPS) is 12.3. The minimum atomic E-state index is -0.505. The molecule has 1 heterocycles. The molecule has 0 aliphatic heterocycles. The largest absolute Gasteiger partial charge is 0.360 e. The van der Waals surface area contributed by atoms with Crippen LogP contribution in [0, 0.1) is 11.3 Å². The molecule has 0 atom stereocenters. The zero-order valence-electron chi connectivity index (χ0n) is 18.0. The molecule has 0 aliphatic rings. The molecule has 31 heavy (non-hydrogen) atoms. The molecular weight excluding hydrogens is 416 g/mol. The minimum Gasteiger partial charge on any atom is -0.360 e. The molecule has 1 aromatic heterocycles. The maximum absolute atomic E-state index is 12.7. The lowest BCUT2D eigenvalue weighted by Gasteiger charge is -2.10. The lowest BCUT2D eigenvalue weighted by atomic mass is 10.2. The number of amides is 2. The third kappa shape index (κ3) is 6.28. The van der Waals surface area contributed by atoms with Gasteiger partial charge in [-0.1, -0.05) is 6.07 Å². The summed E-state index contributed by atoms with van der Waals surface area (Å²) in [5.41, 5.74) is 0.922. The van der Waals surface area contributed by atoms with Crippen LogP contribution in [0.2, 0.25) is 0 Å². The third-order valence-electron chi connectivity index (χ3n) is 4.09. The number of nitrogens with one attached hydrogen (secondary N) is 3. The lowest BCUT2D eigenvalue weighted by Crippen LogP contribution is -2.34. The number of likely N-dealkylation sites (N-methyl/N-ethyl adjacent to an activating group) is 1. The van der Waals surface area contributed by atoms with E-state index in [-0.39, 0.29) is 23.6 Å². The fourth-order valence-electron chi connectivity index (χ4n) is 2.76. The van der Waals surface area contributed by atoms with Crippen LogP contribution < -0.4 is 30.7 Å². The number of thiazole rings is 1. The topological polar surface area (TPSA) is 119 Å². The standard InChI is InChI=1S/C21H26N6O3S/c1-5-23-19(29)16(11-22)21-27(6-2)20(30)17(31-21)12-24-14-8-7-9-15(10-14)25-18(28)13-26(3)4/h7-10,12,24H,5-6,13H2,1-4H3,(H,23,29)(H,25,28). The van der Waals surface area contributed by atoms with E-state index in [1.807, 2.05) is 20.2 Å². The average molecular weight is 443 g/mol. The summed E-state index contributed by atoms with van der Waals surface area (Å²) in [7, 11) is 3.62. The average Bonchev–Trinajstić information content (AvgIpc) is 3.02. The van der Waals surface area contributed by atoms with Crippen molar-refractivity contribution in [2.75, 3.05) is 37.8 Å². The van der Waals surface area contributed by atoms with Crippen molar-refractivity contribution < 1.29 is 9.59 Å². The van der Waals surface area contributed by atoms with Gasteiger partial charge in [-0.15, -0.1) is 11.3 Å². The number of anilines is 2. The number of carbonyl (C=O) groups is 2. The van der Waals surface area contributed by atoms with Crippen molar-refractivity contribution >= 4 is 46.3 Å². The summed E-state index contributed by atoms with van der Waals surface area (Å²) in [5, 5.41) is 17.9. The summed E-state index contributed by atoms with van der Waals surface area (Å²) in [4.78, 5) is 38.6. The Morgan fingerprint density at radius 3 is 2.58 bits per heavy atom. The van der Waals surface area contributed by atoms with Crippen LogP contribution in [-0.4, -0.2) is 48.5 Å². The lowest BCUT2D eigenvalue weighted by molar-refractivity contribution is -0.117. The number of carbonyl (C=O) groups excluding carboxylic acids is 2. The SMILES string of the molecule is CCNC(=O)C(C#N)=c1sc(=CNc2cccc(NC(=O)CN(C)C)c2)c(=O)n1CC. The van der Waals surface area contributed by atoms with Gasteiger partial charge < -0.3 is 20.9 Å². The Morgan fingerprint density at radius 2 is 1.97 bits per heavy atom. The quantitative estimate of drug-likeness (QED) is 0.533. The van der Waals surface area contributed by atoms with Crippen LogP contribution in [0.1, 0.15) is 13.8 Å². The minimum absolute atomic E-state index is 0.0870. The Bertz CT molecular complexity index is 1170. The number of nitrogens with zero attached hydrogens (tertiary/aromatic N) is 3. The fraction of sp³-hybridized carbons (Fsp3) is 0.333. The van der Waals surface area contributed by atoms with Crippen molar-refractivity contribution in [2.45, 2.75) is 20.4 Å². The highest BCUT2D eigenvalue weighted by Gasteiger charge is 2.14. The van der Waals surface area contributed by atoms with Crippen LogP contribution in [0.15, 0.2) is 29.1 Å². The van der Waals surface area contributed by atoms with Gasteiger partial charge in [-0.3, -0.25) is 19.0 Å². The number of nitriles is 1. The number of rotatable bonds is 8. The number of aromatic nitrogens is 1. The molecule has 2 aromatic rings. The summed E-state index contributed by atoms with van der Waals surface area (Å²) < 4.78 is 2.08. The second kappa shape index (κ2) is 11.1. The zero-order chi connectivity index (χ0) is 23.0. The van der Waals surface area contributed by atoms with Crippen LogP contribution in [-0.2, 0) is 16.1 Å². The summed E-state index contributed by atoms with van der Waals surface area (Å²) in [6.07, 6.45) is 1.54. The van der Waals surface area contributed by atoms with Crippen molar-refractivity contribution in [1.82, 2.24) is 14.8 Å². The van der Waals surface area contributed by atoms with Gasteiger partial charge in [0.1, 0.15) is 15.3 Å². The second-order valence-corrected chi connectivity index (χ2v) is 7.85. The molecule has 0 saturated carbocycles. The van der Waals surface area contributed by atoms with Crippen molar-refractivity contribution in [2.24, 2.45) is 0 Å². The van der Waals surface area contributed by atoms with Crippen LogP contribution in [0.25, 0.3) is 11.8 Å². The molecule has 0 bridgehead atoms. The van der Waals surface area contributed by atoms with Crippen molar-refractivity contribution in [3.8, 4) is 6.07 Å². The second-order valence-electron chi connectivity index (χ2n) is 6.82. The van der Waals surface area contributed by atoms with E-state index in [1.54, 1.807) is 43.0 Å². The Labute approximate surface area is 184 Å². The first-order chi connectivity index (χ1) is 14.8. The molecule has 10 heteroatoms. The molecule has 2 rings (SSSR count). The van der Waals surface area contributed by atoms with E-state index in [9.17, 15) is 19.6 Å². The van der Waals surface area contributed by atoms with Crippen molar-refractivity contribution in [3.05, 3.63) is 43.8 Å². The Balaban J connectivity index is 2.38. The van der Waals surface area contributed by atoms with Gasteiger partial charge in [-0.2, -0.15) is 5.26 Å². The molecule has 0 fully saturated rings. The summed E-state index contributed by atoms with van der Waals surface area (Å²) in [6.45, 7) is 4.52. The highest BCUT2D eigenvalue weighted by Crippen LogP contribution is 2.15. The fourth-order valence-corrected chi connectivity index (χ4v) is 3.85. The van der Waals surface area contributed by atoms with Crippen LogP contribution in [0.5, 0.6) is 0 Å². The van der Waals surface area contributed by atoms with Crippen LogP contribution in [0.4, 0.5) is 11.4 Å². The predicted molar refractivity (Wildman–Crippen MR) is 123 cm³/mol. The van der Waals surface area contributed by atoms with Gasteiger partial charge in [0, 0.05) is 30.7 Å². The summed E-state index contributed by atoms with van der Waals surface area (Å²) in [6, 6.07) is 9.01. The first kappa shape index (κ1) is 23.9. The Kier molecular flexibility index (Phi) is 8.54. The predicted octanol–water partition coefficient (Wildman–Crippen LogP) is 0.0903. The molecule has 2 amide bonds. The first-order valence-corrected chi connectivity index (χ1v) is 10.6. The van der Waals surface area contributed by atoms with Crippen LogP contribution >= 0.6 is 11.3 Å². The van der Waals surface area contributed by atoms with Crippen molar-refractivity contribution in [1.29, 1.82) is 5.26 Å². The maximum atomic E-state index is 12.7. The molecule has 0 saturated heterocycles. The maximum Gasteiger partial charge on any atom is 0.270 e. The highest BCUT2D eigenvalue weighted by molar-refractivity contribution is 7.07. The number of benzene rings is 1. The van der Waals surface area contributed by atoms with E-state index >= 15 is 0 Å². The molecular formula is C21H26N6O3S. The van der Waals surface area contributed by atoms with E-state index in [2.05, 4.69) is 16.0 Å². The monoisotopic (exact) mass is 442 g/mol. The van der Waals surface area contributed by atoms with Gasteiger partial charge in [0.15, 0.2) is 5.57 Å². The van der Waals surface area contributed by atoms with Gasteiger partial charge in [0.05, 0.1) is 6.54 Å². The molecule has 1 aromatic carbocycles. The van der Waals surface area contributed by atoms with Gasteiger partial charge in [0.2, 0.25) is 5.91 Å². The van der Waals surface area contributed by atoms with Crippen LogP contribution in [0.3, 0.4) is 0 Å². The van der Waals surface area contributed by atoms with Gasteiger partial charge in [-0.25, -0.2) is 0 Å². The van der Waals surface area contributed by atoms with E-state index in [4.69, 9.17) is 0 Å². The van der Waals surface area contributed by atoms with E-state index in [1.165, 1.54) is 10.8 Å². The summed E-state index contributed by atoms with van der Waals surface area (Å²) >= 11 is 1.08. The Hall–Kier alpha value is -3.42. The number of hydrogen-bond donors (Lipinski definition) is 3. The number of hydrogen-bond acceptors (Lipinski definition) is 7. The third-order valence-corrected chi connectivity index (χ3v) is 5.22. The highest BCUT2D eigenvalue weighted by atomic mass is 32.1. The summed E-state index contributed by atoms with van der Waals surface area (Å²) in [5.74, 6) is -0.640. The van der Waals surface area contributed by atoms with Gasteiger partial charge in [-0.05, 0) is 46.1 Å². The molecule has 9 nitrogen and oxygen atoms in total. The van der Waals surface area contributed by atoms with E-state index in [0.29, 0.717) is 33.7 Å². The molecule has 0 spiro atoms. The van der Waals surface area contributed by atoms with E-state index in [0.717, 1.165) is 11.3 Å².